The molecule has 1 N–H and O–H groups in total. The number of alkyl halides is 3. The number of anilines is 1. The first kappa shape index (κ1) is 15.3. The zero-order chi connectivity index (χ0) is 14.5. The first-order valence-corrected chi connectivity index (χ1v) is 5.48. The average molecular weight is 279 g/mol. The number of methoxy groups -OCH3 is 1. The van der Waals surface area contributed by atoms with E-state index >= 15 is 0 Å². The molecular weight excluding hydrogens is 266 g/mol. The van der Waals surface area contributed by atoms with Gasteiger partial charge in [-0.1, -0.05) is 0 Å². The Kier molecular flexibility index (Phi) is 5.14. The molecule has 1 rings (SSSR count). The van der Waals surface area contributed by atoms with Crippen molar-refractivity contribution in [2.45, 2.75) is 25.1 Å². The highest BCUT2D eigenvalue weighted by Crippen LogP contribution is 2.27. The van der Waals surface area contributed by atoms with E-state index in [0.29, 0.717) is 0 Å². The fourth-order valence-electron chi connectivity index (χ4n) is 1.43. The largest absolute Gasteiger partial charge is 0.469 e. The molecular formula is C12H13F4NO2. The highest BCUT2D eigenvalue weighted by molar-refractivity contribution is 5.69. The van der Waals surface area contributed by atoms with Crippen molar-refractivity contribution in [3.8, 4) is 0 Å². The monoisotopic (exact) mass is 279 g/mol. The number of ether oxygens (including phenoxy) is 1. The second-order valence-electron chi connectivity index (χ2n) is 3.86. The van der Waals surface area contributed by atoms with Gasteiger partial charge < -0.3 is 10.1 Å². The van der Waals surface area contributed by atoms with Crippen molar-refractivity contribution < 1.29 is 27.1 Å². The average Bonchev–Trinajstić information content (AvgIpc) is 2.34. The molecule has 0 spiro atoms. The van der Waals surface area contributed by atoms with E-state index in [-0.39, 0.29) is 12.1 Å². The lowest BCUT2D eigenvalue weighted by atomic mass is 10.1. The van der Waals surface area contributed by atoms with Crippen LogP contribution in [0.4, 0.5) is 23.2 Å². The second-order valence-corrected chi connectivity index (χ2v) is 3.86. The van der Waals surface area contributed by atoms with Crippen LogP contribution in [-0.2, 0) is 9.53 Å². The van der Waals surface area contributed by atoms with E-state index in [1.54, 1.807) is 0 Å². The van der Waals surface area contributed by atoms with Crippen LogP contribution >= 0.6 is 0 Å². The van der Waals surface area contributed by atoms with Gasteiger partial charge in [-0.15, -0.1) is 0 Å². The summed E-state index contributed by atoms with van der Waals surface area (Å²) in [7, 11) is 1.11. The molecule has 0 aliphatic carbocycles. The van der Waals surface area contributed by atoms with Crippen LogP contribution in [-0.4, -0.2) is 25.3 Å². The van der Waals surface area contributed by atoms with Crippen LogP contribution in [0.5, 0.6) is 0 Å². The summed E-state index contributed by atoms with van der Waals surface area (Å²) in [6.07, 6.45) is -5.31. The maximum atomic E-state index is 12.8. The number of rotatable bonds is 5. The number of halogens is 4. The third kappa shape index (κ3) is 5.15. The van der Waals surface area contributed by atoms with Gasteiger partial charge >= 0.3 is 12.1 Å². The van der Waals surface area contributed by atoms with Crippen molar-refractivity contribution in [2.75, 3.05) is 12.4 Å². The molecule has 1 aromatic carbocycles. The van der Waals surface area contributed by atoms with Gasteiger partial charge in [0.2, 0.25) is 0 Å². The number of esters is 1. The zero-order valence-corrected chi connectivity index (χ0v) is 10.1. The van der Waals surface area contributed by atoms with Gasteiger partial charge in [-0.3, -0.25) is 4.79 Å². The number of carbonyl (C=O) groups is 1. The molecule has 0 unspecified atom stereocenters. The number of nitrogens with one attached hydrogen (secondary N) is 1. The molecule has 0 aliphatic rings. The number of hydrogen-bond donors (Lipinski definition) is 1. The number of carbonyl (C=O) groups excluding carboxylic acids is 1. The third-order valence-corrected chi connectivity index (χ3v) is 2.45. The van der Waals surface area contributed by atoms with Gasteiger partial charge in [0, 0.05) is 12.1 Å². The summed E-state index contributed by atoms with van der Waals surface area (Å²) >= 11 is 0. The van der Waals surface area contributed by atoms with E-state index in [1.807, 2.05) is 0 Å². The molecule has 19 heavy (non-hydrogen) atoms. The first-order chi connectivity index (χ1) is 8.82. The molecule has 3 nitrogen and oxygen atoms in total. The summed E-state index contributed by atoms with van der Waals surface area (Å²) in [4.78, 5) is 10.9. The van der Waals surface area contributed by atoms with E-state index in [0.717, 1.165) is 19.2 Å². The summed E-state index contributed by atoms with van der Waals surface area (Å²) < 4.78 is 55.2. The van der Waals surface area contributed by atoms with Crippen molar-refractivity contribution in [1.29, 1.82) is 0 Å². The smallest absolute Gasteiger partial charge is 0.408 e. The minimum absolute atomic E-state index is 0.133. The number of hydrogen-bond acceptors (Lipinski definition) is 3. The normalized spacial score (nSPS) is 12.9. The van der Waals surface area contributed by atoms with Crippen LogP contribution in [0, 0.1) is 5.82 Å². The molecule has 0 aromatic heterocycles. The Bertz CT molecular complexity index is 417. The van der Waals surface area contributed by atoms with Crippen LogP contribution in [0.25, 0.3) is 0 Å². The highest BCUT2D eigenvalue weighted by Gasteiger charge is 2.39. The van der Waals surface area contributed by atoms with E-state index < -0.39 is 30.4 Å². The fourth-order valence-corrected chi connectivity index (χ4v) is 1.43. The Labute approximate surface area is 107 Å². The second kappa shape index (κ2) is 6.40. The van der Waals surface area contributed by atoms with E-state index in [1.165, 1.54) is 12.1 Å². The van der Waals surface area contributed by atoms with E-state index in [2.05, 4.69) is 10.1 Å². The fraction of sp³-hybridized carbons (Fsp3) is 0.417. The van der Waals surface area contributed by atoms with Crippen molar-refractivity contribution in [3.05, 3.63) is 30.1 Å². The zero-order valence-electron chi connectivity index (χ0n) is 10.1. The molecule has 0 saturated heterocycles. The van der Waals surface area contributed by atoms with Gasteiger partial charge in [-0.2, -0.15) is 13.2 Å². The maximum absolute atomic E-state index is 12.8. The predicted molar refractivity (Wildman–Crippen MR) is 61.1 cm³/mol. The Balaban J connectivity index is 2.69. The Morgan fingerprint density at radius 2 is 1.89 bits per heavy atom. The first-order valence-electron chi connectivity index (χ1n) is 5.48. The molecule has 0 bridgehead atoms. The van der Waals surface area contributed by atoms with Gasteiger partial charge in [0.05, 0.1) is 7.11 Å². The Hall–Kier alpha value is -1.79. The van der Waals surface area contributed by atoms with Crippen molar-refractivity contribution in [3.63, 3.8) is 0 Å². The maximum Gasteiger partial charge on any atom is 0.408 e. The van der Waals surface area contributed by atoms with Crippen LogP contribution < -0.4 is 5.32 Å². The topological polar surface area (TPSA) is 38.3 Å². The highest BCUT2D eigenvalue weighted by atomic mass is 19.4. The van der Waals surface area contributed by atoms with E-state index in [9.17, 15) is 22.4 Å². The quantitative estimate of drug-likeness (QED) is 0.664. The standard InChI is InChI=1S/C12H13F4NO2/c1-19-11(18)7-6-10(12(14,15)16)17-9-4-2-8(13)3-5-9/h2-5,10,17H,6-7H2,1H3/t10-/m0/s1. The van der Waals surface area contributed by atoms with Crippen molar-refractivity contribution >= 4 is 11.7 Å². The lowest BCUT2D eigenvalue weighted by molar-refractivity contribution is -0.149. The molecule has 0 radical (unpaired) electrons. The van der Waals surface area contributed by atoms with Gasteiger partial charge in [0.15, 0.2) is 0 Å². The van der Waals surface area contributed by atoms with Crippen LogP contribution in [0.15, 0.2) is 24.3 Å². The summed E-state index contributed by atoms with van der Waals surface area (Å²) in [5.41, 5.74) is 0.133. The minimum atomic E-state index is -4.51. The number of benzene rings is 1. The predicted octanol–water partition coefficient (Wildman–Crippen LogP) is 3.12. The van der Waals surface area contributed by atoms with Crippen molar-refractivity contribution in [1.82, 2.24) is 0 Å². The lowest BCUT2D eigenvalue weighted by Crippen LogP contribution is -2.36. The summed E-state index contributed by atoms with van der Waals surface area (Å²) in [6.45, 7) is 0. The van der Waals surface area contributed by atoms with Gasteiger partial charge in [-0.05, 0) is 30.7 Å². The SMILES string of the molecule is COC(=O)CC[C@H](Nc1ccc(F)cc1)C(F)(F)F. The minimum Gasteiger partial charge on any atom is -0.469 e. The van der Waals surface area contributed by atoms with Crippen LogP contribution in [0.2, 0.25) is 0 Å². The summed E-state index contributed by atoms with van der Waals surface area (Å²) in [5, 5.41) is 2.23. The Morgan fingerprint density at radius 1 is 1.32 bits per heavy atom. The summed E-state index contributed by atoms with van der Waals surface area (Å²) in [5.74, 6) is -1.25. The molecule has 1 atom stereocenters. The molecule has 106 valence electrons. The summed E-state index contributed by atoms with van der Waals surface area (Å²) in [6, 6.07) is 2.61. The molecule has 1 aromatic rings. The van der Waals surface area contributed by atoms with Gasteiger partial charge in [0.1, 0.15) is 11.9 Å². The molecule has 0 heterocycles. The van der Waals surface area contributed by atoms with Gasteiger partial charge in [0.25, 0.3) is 0 Å². The molecule has 0 amide bonds. The molecule has 7 heteroatoms. The van der Waals surface area contributed by atoms with E-state index in [4.69, 9.17) is 0 Å². The molecule has 0 aliphatic heterocycles. The molecule has 0 saturated carbocycles. The van der Waals surface area contributed by atoms with Crippen molar-refractivity contribution in [2.24, 2.45) is 0 Å². The molecule has 0 fully saturated rings. The Morgan fingerprint density at radius 3 is 2.37 bits per heavy atom. The third-order valence-electron chi connectivity index (χ3n) is 2.45. The van der Waals surface area contributed by atoms with Crippen LogP contribution in [0.1, 0.15) is 12.8 Å². The lowest BCUT2D eigenvalue weighted by Gasteiger charge is -2.22. The van der Waals surface area contributed by atoms with Gasteiger partial charge in [-0.25, -0.2) is 4.39 Å². The van der Waals surface area contributed by atoms with Crippen LogP contribution in [0.3, 0.4) is 0 Å².